The first kappa shape index (κ1) is 21.5. The van der Waals surface area contributed by atoms with Gasteiger partial charge in [0.25, 0.3) is 5.91 Å². The van der Waals surface area contributed by atoms with Crippen LogP contribution in [0.3, 0.4) is 0 Å². The first-order valence-corrected chi connectivity index (χ1v) is 11.6. The molecule has 7 heteroatoms. The van der Waals surface area contributed by atoms with Gasteiger partial charge in [-0.1, -0.05) is 44.2 Å². The highest BCUT2D eigenvalue weighted by Crippen LogP contribution is 2.16. The molecular weight excluding hydrogens is 380 g/mol. The lowest BCUT2D eigenvalue weighted by molar-refractivity contribution is 0.0956. The van der Waals surface area contributed by atoms with E-state index < -0.39 is 10.0 Å². The number of rotatable bonds is 10. The number of hydrogen-bond acceptors (Lipinski definition) is 4. The number of sulfonamides is 1. The Morgan fingerprint density at radius 3 is 2.22 bits per heavy atom. The van der Waals surface area contributed by atoms with Crippen LogP contribution in [0.5, 0.6) is 0 Å². The summed E-state index contributed by atoms with van der Waals surface area (Å²) < 4.78 is 26.3. The molecule has 0 radical (unpaired) electrons. The van der Waals surface area contributed by atoms with Crippen molar-refractivity contribution in [1.82, 2.24) is 9.62 Å². The molecular formula is C20H26N2O3S2. The van der Waals surface area contributed by atoms with Gasteiger partial charge in [0.05, 0.1) is 4.90 Å². The van der Waals surface area contributed by atoms with Gasteiger partial charge in [0.2, 0.25) is 10.0 Å². The Morgan fingerprint density at radius 1 is 1.00 bits per heavy atom. The van der Waals surface area contributed by atoms with Gasteiger partial charge in [0, 0.05) is 36.7 Å². The van der Waals surface area contributed by atoms with Crippen LogP contribution in [-0.2, 0) is 15.8 Å². The van der Waals surface area contributed by atoms with E-state index in [0.717, 1.165) is 11.5 Å². The summed E-state index contributed by atoms with van der Waals surface area (Å²) in [4.78, 5) is 12.4. The second-order valence-corrected chi connectivity index (χ2v) is 8.95. The molecule has 1 N–H and O–H groups in total. The minimum absolute atomic E-state index is 0.193. The topological polar surface area (TPSA) is 66.5 Å². The van der Waals surface area contributed by atoms with Crippen molar-refractivity contribution in [1.29, 1.82) is 0 Å². The second kappa shape index (κ2) is 10.5. The van der Waals surface area contributed by atoms with E-state index in [1.165, 1.54) is 22.0 Å². The van der Waals surface area contributed by atoms with Gasteiger partial charge in [-0.05, 0) is 29.8 Å². The molecule has 5 nitrogen and oxygen atoms in total. The highest BCUT2D eigenvalue weighted by molar-refractivity contribution is 7.98. The van der Waals surface area contributed by atoms with Crippen molar-refractivity contribution in [3.63, 3.8) is 0 Å². The van der Waals surface area contributed by atoms with Crippen molar-refractivity contribution in [2.75, 3.05) is 25.4 Å². The number of nitrogens with zero attached hydrogens (tertiary/aromatic N) is 1. The summed E-state index contributed by atoms with van der Waals surface area (Å²) in [5.41, 5.74) is 1.72. The van der Waals surface area contributed by atoms with E-state index in [0.29, 0.717) is 25.2 Å². The smallest absolute Gasteiger partial charge is 0.251 e. The van der Waals surface area contributed by atoms with Gasteiger partial charge >= 0.3 is 0 Å². The normalized spacial score (nSPS) is 11.5. The van der Waals surface area contributed by atoms with Crippen LogP contribution < -0.4 is 5.32 Å². The number of nitrogens with one attached hydrogen (secondary N) is 1. The predicted molar refractivity (Wildman–Crippen MR) is 111 cm³/mol. The number of amides is 1. The molecule has 0 atom stereocenters. The second-order valence-electron chi connectivity index (χ2n) is 5.91. The summed E-state index contributed by atoms with van der Waals surface area (Å²) in [7, 11) is -3.50. The Labute approximate surface area is 166 Å². The van der Waals surface area contributed by atoms with Crippen LogP contribution in [0.4, 0.5) is 0 Å². The van der Waals surface area contributed by atoms with Crippen LogP contribution in [0.25, 0.3) is 0 Å². The quantitative estimate of drug-likeness (QED) is 0.614. The minimum Gasteiger partial charge on any atom is -0.351 e. The standard InChI is InChI=1S/C20H26N2O3S2/c1-3-22(4-2)27(24,25)19-12-10-18(11-13-19)20(23)21-14-15-26-16-17-8-6-5-7-9-17/h5-13H,3-4,14-16H2,1-2H3,(H,21,23). The van der Waals surface area contributed by atoms with Gasteiger partial charge in [-0.15, -0.1) is 0 Å². The van der Waals surface area contributed by atoms with Gasteiger partial charge in [-0.3, -0.25) is 4.79 Å². The van der Waals surface area contributed by atoms with Crippen molar-refractivity contribution >= 4 is 27.7 Å². The van der Waals surface area contributed by atoms with E-state index in [9.17, 15) is 13.2 Å². The van der Waals surface area contributed by atoms with E-state index in [1.54, 1.807) is 37.7 Å². The molecule has 0 aromatic heterocycles. The fourth-order valence-corrected chi connectivity index (χ4v) is 4.87. The molecule has 2 aromatic rings. The molecule has 0 aliphatic heterocycles. The molecule has 0 heterocycles. The monoisotopic (exact) mass is 406 g/mol. The first-order chi connectivity index (χ1) is 13.0. The van der Waals surface area contributed by atoms with Crippen molar-refractivity contribution in [2.45, 2.75) is 24.5 Å². The third-order valence-corrected chi connectivity index (χ3v) is 7.20. The van der Waals surface area contributed by atoms with E-state index in [4.69, 9.17) is 0 Å². The minimum atomic E-state index is -3.50. The summed E-state index contributed by atoms with van der Waals surface area (Å²) in [5, 5.41) is 2.87. The molecule has 0 unspecified atom stereocenters. The number of carbonyl (C=O) groups is 1. The average Bonchev–Trinajstić information content (AvgIpc) is 2.69. The van der Waals surface area contributed by atoms with Crippen LogP contribution in [0.2, 0.25) is 0 Å². The zero-order valence-corrected chi connectivity index (χ0v) is 17.4. The number of thioether (sulfide) groups is 1. The molecule has 2 aromatic carbocycles. The Morgan fingerprint density at radius 2 is 1.63 bits per heavy atom. The van der Waals surface area contributed by atoms with Gasteiger partial charge < -0.3 is 5.32 Å². The molecule has 146 valence electrons. The molecule has 0 spiro atoms. The summed E-state index contributed by atoms with van der Waals surface area (Å²) in [6.45, 7) is 5.01. The Hall–Kier alpha value is -1.83. The first-order valence-electron chi connectivity index (χ1n) is 8.99. The van der Waals surface area contributed by atoms with Crippen molar-refractivity contribution < 1.29 is 13.2 Å². The number of benzene rings is 2. The largest absolute Gasteiger partial charge is 0.351 e. The van der Waals surface area contributed by atoms with Crippen molar-refractivity contribution in [2.24, 2.45) is 0 Å². The average molecular weight is 407 g/mol. The summed E-state index contributed by atoms with van der Waals surface area (Å²) in [6, 6.07) is 16.3. The molecule has 0 aliphatic rings. The lowest BCUT2D eigenvalue weighted by atomic mass is 10.2. The predicted octanol–water partition coefficient (Wildman–Crippen LogP) is 3.38. The third-order valence-electron chi connectivity index (χ3n) is 4.10. The molecule has 0 saturated carbocycles. The molecule has 1 amide bonds. The Kier molecular flexibility index (Phi) is 8.34. The van der Waals surface area contributed by atoms with Gasteiger partial charge in [0.15, 0.2) is 0 Å². The lowest BCUT2D eigenvalue weighted by Crippen LogP contribution is -2.30. The molecule has 27 heavy (non-hydrogen) atoms. The van der Waals surface area contributed by atoms with Crippen molar-refractivity contribution in [3.8, 4) is 0 Å². The molecule has 0 bridgehead atoms. The maximum atomic E-state index is 12.5. The SMILES string of the molecule is CCN(CC)S(=O)(=O)c1ccc(C(=O)NCCSCc2ccccc2)cc1. The maximum Gasteiger partial charge on any atom is 0.251 e. The van der Waals surface area contributed by atoms with Crippen LogP contribution in [0, 0.1) is 0 Å². The summed E-state index contributed by atoms with van der Waals surface area (Å²) >= 11 is 1.76. The van der Waals surface area contributed by atoms with Gasteiger partial charge in [-0.2, -0.15) is 16.1 Å². The summed E-state index contributed by atoms with van der Waals surface area (Å²) in [5.74, 6) is 1.53. The highest BCUT2D eigenvalue weighted by atomic mass is 32.2. The third kappa shape index (κ3) is 6.09. The van der Waals surface area contributed by atoms with Crippen molar-refractivity contribution in [3.05, 3.63) is 65.7 Å². The van der Waals surface area contributed by atoms with Crippen LogP contribution in [-0.4, -0.2) is 44.0 Å². The Bertz CT molecular complexity index is 818. The zero-order chi connectivity index (χ0) is 19.7. The van der Waals surface area contributed by atoms with E-state index in [1.807, 2.05) is 18.2 Å². The summed E-state index contributed by atoms with van der Waals surface area (Å²) in [6.07, 6.45) is 0. The lowest BCUT2D eigenvalue weighted by Gasteiger charge is -2.18. The molecule has 0 aliphatic carbocycles. The molecule has 2 rings (SSSR count). The molecule has 0 fully saturated rings. The fraction of sp³-hybridized carbons (Fsp3) is 0.350. The molecule has 0 saturated heterocycles. The highest BCUT2D eigenvalue weighted by Gasteiger charge is 2.21. The van der Waals surface area contributed by atoms with Gasteiger partial charge in [-0.25, -0.2) is 8.42 Å². The van der Waals surface area contributed by atoms with Crippen LogP contribution >= 0.6 is 11.8 Å². The number of hydrogen-bond donors (Lipinski definition) is 1. The van der Waals surface area contributed by atoms with Crippen LogP contribution in [0.15, 0.2) is 59.5 Å². The fourth-order valence-electron chi connectivity index (χ4n) is 2.59. The zero-order valence-electron chi connectivity index (χ0n) is 15.7. The Balaban J connectivity index is 1.83. The van der Waals surface area contributed by atoms with E-state index in [2.05, 4.69) is 17.4 Å². The van der Waals surface area contributed by atoms with E-state index >= 15 is 0 Å². The number of carbonyl (C=O) groups excluding carboxylic acids is 1. The van der Waals surface area contributed by atoms with E-state index in [-0.39, 0.29) is 10.8 Å². The van der Waals surface area contributed by atoms with Crippen LogP contribution in [0.1, 0.15) is 29.8 Å². The maximum absolute atomic E-state index is 12.5. The van der Waals surface area contributed by atoms with Gasteiger partial charge in [0.1, 0.15) is 0 Å².